The summed E-state index contributed by atoms with van der Waals surface area (Å²) in [5, 5.41) is 7.00. The van der Waals surface area contributed by atoms with E-state index in [9.17, 15) is 0 Å². The number of hydrogen-bond acceptors (Lipinski definition) is 4. The van der Waals surface area contributed by atoms with Gasteiger partial charge in [0, 0.05) is 53.8 Å². The van der Waals surface area contributed by atoms with Gasteiger partial charge in [0.2, 0.25) is 0 Å². The fourth-order valence-corrected chi connectivity index (χ4v) is 9.97. The van der Waals surface area contributed by atoms with Gasteiger partial charge in [-0.05, 0) is 58.7 Å². The van der Waals surface area contributed by atoms with Crippen LogP contribution in [-0.4, -0.2) is 0 Å². The molecule has 0 saturated carbocycles. The lowest BCUT2D eigenvalue weighted by Gasteiger charge is -2.26. The van der Waals surface area contributed by atoms with Crippen LogP contribution >= 0.6 is 11.3 Å². The van der Waals surface area contributed by atoms with Crippen LogP contribution in [0.25, 0.3) is 97.4 Å². The van der Waals surface area contributed by atoms with Crippen molar-refractivity contribution in [1.29, 1.82) is 0 Å². The average molecular weight is 760 g/mol. The Morgan fingerprint density at radius 2 is 0.845 bits per heavy atom. The molecule has 4 heteroatoms. The van der Waals surface area contributed by atoms with Gasteiger partial charge in [-0.2, -0.15) is 0 Å². The SMILES string of the molecule is c1ccc(-c2cccc3c2oc2c(N(c4ccc(-c5ccc(-c6cccc7c6oc6ccccc67)cc5)cc4)c4cccc5c4sc4ccccc45)cccc23)cc1. The number of furan rings is 2. The largest absolute Gasteiger partial charge is 0.455 e. The Labute approximate surface area is 338 Å². The summed E-state index contributed by atoms with van der Waals surface area (Å²) in [7, 11) is 0. The van der Waals surface area contributed by atoms with E-state index in [1.54, 1.807) is 0 Å². The molecule has 0 saturated heterocycles. The van der Waals surface area contributed by atoms with Gasteiger partial charge in [-0.25, -0.2) is 0 Å². The van der Waals surface area contributed by atoms with Crippen molar-refractivity contribution in [2.75, 3.05) is 4.90 Å². The molecule has 12 rings (SSSR count). The molecule has 3 heterocycles. The molecule has 0 aliphatic rings. The summed E-state index contributed by atoms with van der Waals surface area (Å²) in [6, 6.07) is 71.2. The van der Waals surface area contributed by atoms with Crippen molar-refractivity contribution in [3.05, 3.63) is 200 Å². The van der Waals surface area contributed by atoms with Gasteiger partial charge in [0.25, 0.3) is 0 Å². The number of fused-ring (bicyclic) bond motifs is 9. The molecule has 0 amide bonds. The van der Waals surface area contributed by atoms with Gasteiger partial charge < -0.3 is 13.7 Å². The van der Waals surface area contributed by atoms with Crippen LogP contribution in [0.3, 0.4) is 0 Å². The van der Waals surface area contributed by atoms with Crippen LogP contribution in [0.15, 0.2) is 209 Å². The van der Waals surface area contributed by atoms with Gasteiger partial charge in [-0.3, -0.25) is 0 Å². The first kappa shape index (κ1) is 32.8. The Bertz CT molecular complexity index is 3500. The molecule has 0 spiro atoms. The third-order valence-electron chi connectivity index (χ3n) is 11.5. The summed E-state index contributed by atoms with van der Waals surface area (Å²) < 4.78 is 15.9. The highest BCUT2D eigenvalue weighted by atomic mass is 32.1. The minimum absolute atomic E-state index is 0.859. The number of rotatable bonds is 6. The van der Waals surface area contributed by atoms with Crippen molar-refractivity contribution in [1.82, 2.24) is 0 Å². The van der Waals surface area contributed by atoms with E-state index in [2.05, 4.69) is 193 Å². The molecule has 9 aromatic carbocycles. The first-order chi connectivity index (χ1) is 28.8. The molecule has 58 heavy (non-hydrogen) atoms. The number of para-hydroxylation sites is 4. The fourth-order valence-electron chi connectivity index (χ4n) is 8.76. The van der Waals surface area contributed by atoms with Crippen LogP contribution in [0.2, 0.25) is 0 Å². The second-order valence-corrected chi connectivity index (χ2v) is 15.8. The molecule has 0 radical (unpaired) electrons. The van der Waals surface area contributed by atoms with Gasteiger partial charge >= 0.3 is 0 Å². The second-order valence-electron chi connectivity index (χ2n) is 14.8. The van der Waals surface area contributed by atoms with Crippen molar-refractivity contribution in [2.24, 2.45) is 0 Å². The van der Waals surface area contributed by atoms with Gasteiger partial charge in [-0.15, -0.1) is 11.3 Å². The third kappa shape index (κ3) is 5.12. The van der Waals surface area contributed by atoms with E-state index in [0.717, 1.165) is 94.3 Å². The zero-order valence-electron chi connectivity index (χ0n) is 31.2. The molecule has 12 aromatic rings. The summed E-state index contributed by atoms with van der Waals surface area (Å²) in [5.41, 5.74) is 13.5. The molecule has 0 aliphatic carbocycles. The molecule has 0 N–H and O–H groups in total. The topological polar surface area (TPSA) is 29.5 Å². The normalized spacial score (nSPS) is 11.8. The first-order valence-corrected chi connectivity index (χ1v) is 20.4. The first-order valence-electron chi connectivity index (χ1n) is 19.6. The van der Waals surface area contributed by atoms with Crippen LogP contribution < -0.4 is 4.90 Å². The van der Waals surface area contributed by atoms with Gasteiger partial charge in [0.1, 0.15) is 16.7 Å². The van der Waals surface area contributed by atoms with E-state index < -0.39 is 0 Å². The highest BCUT2D eigenvalue weighted by molar-refractivity contribution is 7.26. The van der Waals surface area contributed by atoms with Crippen LogP contribution in [0, 0.1) is 0 Å². The zero-order chi connectivity index (χ0) is 38.2. The maximum Gasteiger partial charge on any atom is 0.159 e. The standard InChI is InChI=1S/C54H33NO2S/c1-2-12-36(13-3-1)39-16-9-19-44-45-20-10-22-47(53(45)57-52(39)44)55(48-23-11-21-46-42-15-5-7-25-50(42)58-54(46)48)38-32-30-35(31-33-38)34-26-28-37(29-27-34)40-17-8-18-43-41-14-4-6-24-49(41)56-51(40)43/h1-33H. The molecule has 3 aromatic heterocycles. The Hall–Kier alpha value is -7.40. The minimum atomic E-state index is 0.859. The molecular weight excluding hydrogens is 727 g/mol. The van der Waals surface area contributed by atoms with Crippen molar-refractivity contribution in [3.8, 4) is 33.4 Å². The summed E-state index contributed by atoms with van der Waals surface area (Å²) >= 11 is 1.84. The molecule has 3 nitrogen and oxygen atoms in total. The molecule has 0 fully saturated rings. The van der Waals surface area contributed by atoms with Crippen LogP contribution in [0.5, 0.6) is 0 Å². The molecule has 0 aliphatic heterocycles. The van der Waals surface area contributed by atoms with Crippen molar-refractivity contribution < 1.29 is 8.83 Å². The van der Waals surface area contributed by atoms with E-state index in [4.69, 9.17) is 8.83 Å². The Balaban J connectivity index is 0.992. The molecule has 0 bridgehead atoms. The molecular formula is C54H33NO2S. The van der Waals surface area contributed by atoms with Crippen LogP contribution in [-0.2, 0) is 0 Å². The Morgan fingerprint density at radius 3 is 1.60 bits per heavy atom. The Kier molecular flexibility index (Phi) is 7.40. The Morgan fingerprint density at radius 1 is 0.328 bits per heavy atom. The molecule has 0 atom stereocenters. The van der Waals surface area contributed by atoms with E-state index in [1.165, 1.54) is 20.2 Å². The lowest BCUT2D eigenvalue weighted by molar-refractivity contribution is 0.669. The van der Waals surface area contributed by atoms with Gasteiger partial charge in [0.05, 0.1) is 16.1 Å². The highest BCUT2D eigenvalue weighted by Crippen LogP contribution is 2.48. The molecule has 272 valence electrons. The molecule has 0 unspecified atom stereocenters. The maximum atomic E-state index is 7.00. The number of benzene rings is 9. The quantitative estimate of drug-likeness (QED) is 0.169. The van der Waals surface area contributed by atoms with E-state index >= 15 is 0 Å². The smallest absolute Gasteiger partial charge is 0.159 e. The number of hydrogen-bond donors (Lipinski definition) is 0. The van der Waals surface area contributed by atoms with Crippen LogP contribution in [0.4, 0.5) is 17.1 Å². The number of anilines is 3. The third-order valence-corrected chi connectivity index (χ3v) is 12.7. The monoisotopic (exact) mass is 759 g/mol. The number of thiophene rings is 1. The van der Waals surface area contributed by atoms with Crippen molar-refractivity contribution in [3.63, 3.8) is 0 Å². The minimum Gasteiger partial charge on any atom is -0.455 e. The maximum absolute atomic E-state index is 7.00. The number of nitrogens with zero attached hydrogens (tertiary/aromatic N) is 1. The van der Waals surface area contributed by atoms with Gasteiger partial charge in [0.15, 0.2) is 5.58 Å². The summed E-state index contributed by atoms with van der Waals surface area (Å²) in [5.74, 6) is 0. The highest BCUT2D eigenvalue weighted by Gasteiger charge is 2.23. The van der Waals surface area contributed by atoms with E-state index in [0.29, 0.717) is 0 Å². The summed E-state index contributed by atoms with van der Waals surface area (Å²) in [4.78, 5) is 2.38. The zero-order valence-corrected chi connectivity index (χ0v) is 32.0. The van der Waals surface area contributed by atoms with Crippen LogP contribution in [0.1, 0.15) is 0 Å². The average Bonchev–Trinajstić information content (AvgIpc) is 3.99. The lowest BCUT2D eigenvalue weighted by Crippen LogP contribution is -2.10. The van der Waals surface area contributed by atoms with Crippen molar-refractivity contribution in [2.45, 2.75) is 0 Å². The summed E-state index contributed by atoms with van der Waals surface area (Å²) in [6.07, 6.45) is 0. The fraction of sp³-hybridized carbons (Fsp3) is 0. The predicted octanol–water partition coefficient (Wildman–Crippen LogP) is 16.3. The second kappa shape index (κ2) is 13.1. The summed E-state index contributed by atoms with van der Waals surface area (Å²) in [6.45, 7) is 0. The van der Waals surface area contributed by atoms with Crippen molar-refractivity contribution >= 4 is 92.4 Å². The van der Waals surface area contributed by atoms with E-state index in [-0.39, 0.29) is 0 Å². The lowest BCUT2D eigenvalue weighted by atomic mass is 9.98. The van der Waals surface area contributed by atoms with Gasteiger partial charge in [-0.1, -0.05) is 164 Å². The predicted molar refractivity (Wildman–Crippen MR) is 245 cm³/mol. The van der Waals surface area contributed by atoms with E-state index in [1.807, 2.05) is 23.5 Å².